The van der Waals surface area contributed by atoms with Crippen molar-refractivity contribution in [3.8, 4) is 11.5 Å². The summed E-state index contributed by atoms with van der Waals surface area (Å²) in [6.45, 7) is 0. The van der Waals surface area contributed by atoms with Gasteiger partial charge in [0.2, 0.25) is 0 Å². The highest BCUT2D eigenvalue weighted by atomic mass is 32.2. The Labute approximate surface area is 85.4 Å². The maximum atomic E-state index is 9.30. The molecule has 0 aliphatic rings. The molecule has 2 aromatic rings. The summed E-state index contributed by atoms with van der Waals surface area (Å²) >= 11 is 1.59. The lowest BCUT2D eigenvalue weighted by molar-refractivity contribution is 0.405. The van der Waals surface area contributed by atoms with Crippen LogP contribution in [0.3, 0.4) is 0 Å². The van der Waals surface area contributed by atoms with E-state index >= 15 is 0 Å². The van der Waals surface area contributed by atoms with E-state index in [1.165, 1.54) is 12.1 Å². The highest BCUT2D eigenvalue weighted by Gasteiger charge is 2.03. The Hall–Kier alpha value is -1.42. The van der Waals surface area contributed by atoms with Gasteiger partial charge in [-0.1, -0.05) is 0 Å². The molecule has 1 aromatic heterocycles. The molecule has 0 spiro atoms. The quantitative estimate of drug-likeness (QED) is 0.556. The zero-order valence-corrected chi connectivity index (χ0v) is 8.38. The molecule has 72 valence electrons. The number of benzene rings is 1. The number of hydrogen-bond donors (Lipinski definition) is 2. The first-order valence-electron chi connectivity index (χ1n) is 4.06. The average molecular weight is 207 g/mol. The first kappa shape index (κ1) is 9.15. The van der Waals surface area contributed by atoms with E-state index in [2.05, 4.69) is 4.98 Å². The second-order valence-electron chi connectivity index (χ2n) is 2.91. The van der Waals surface area contributed by atoms with Crippen LogP contribution in [0.25, 0.3) is 10.9 Å². The summed E-state index contributed by atoms with van der Waals surface area (Å²) in [5.74, 6) is -0.251. The first-order chi connectivity index (χ1) is 6.70. The van der Waals surface area contributed by atoms with Gasteiger partial charge >= 0.3 is 0 Å². The minimum absolute atomic E-state index is 0.113. The number of phenolic OH excluding ortho intramolecular Hbond substituents is 2. The third-order valence-electron chi connectivity index (χ3n) is 1.99. The summed E-state index contributed by atoms with van der Waals surface area (Å²) in [6.07, 6.45) is 3.70. The first-order valence-corrected chi connectivity index (χ1v) is 5.29. The molecule has 0 unspecified atom stereocenters. The van der Waals surface area contributed by atoms with Crippen molar-refractivity contribution in [2.75, 3.05) is 6.26 Å². The Morgan fingerprint density at radius 1 is 1.14 bits per heavy atom. The molecular formula is C10H9NO2S. The number of hydrogen-bond acceptors (Lipinski definition) is 4. The standard InChI is InChI=1S/C10H9NO2S/c1-14-7-2-6-3-9(12)10(13)4-8(6)11-5-7/h2-5,12-13H,1H3. The van der Waals surface area contributed by atoms with E-state index < -0.39 is 0 Å². The summed E-state index contributed by atoms with van der Waals surface area (Å²) in [5.41, 5.74) is 0.679. The highest BCUT2D eigenvalue weighted by Crippen LogP contribution is 2.30. The summed E-state index contributed by atoms with van der Waals surface area (Å²) in [4.78, 5) is 5.19. The van der Waals surface area contributed by atoms with Gasteiger partial charge in [0.05, 0.1) is 5.52 Å². The second-order valence-corrected chi connectivity index (χ2v) is 3.79. The number of rotatable bonds is 1. The van der Waals surface area contributed by atoms with Crippen LogP contribution in [0.15, 0.2) is 29.3 Å². The van der Waals surface area contributed by atoms with Crippen LogP contribution in [0.1, 0.15) is 0 Å². The van der Waals surface area contributed by atoms with Crippen LogP contribution in [-0.4, -0.2) is 21.5 Å². The van der Waals surface area contributed by atoms with Gasteiger partial charge in [0.15, 0.2) is 11.5 Å². The summed E-state index contributed by atoms with van der Waals surface area (Å²) in [5, 5.41) is 19.4. The van der Waals surface area contributed by atoms with Crippen molar-refractivity contribution in [1.29, 1.82) is 0 Å². The number of phenols is 2. The van der Waals surface area contributed by atoms with E-state index in [1.54, 1.807) is 18.0 Å². The molecule has 0 amide bonds. The number of aromatic nitrogens is 1. The van der Waals surface area contributed by atoms with E-state index in [4.69, 9.17) is 0 Å². The van der Waals surface area contributed by atoms with Crippen LogP contribution in [0.2, 0.25) is 0 Å². The van der Waals surface area contributed by atoms with E-state index in [1.807, 2.05) is 12.3 Å². The number of thioether (sulfide) groups is 1. The molecule has 0 saturated heterocycles. The van der Waals surface area contributed by atoms with Crippen molar-refractivity contribution in [3.05, 3.63) is 24.4 Å². The van der Waals surface area contributed by atoms with Crippen molar-refractivity contribution in [1.82, 2.24) is 4.98 Å². The van der Waals surface area contributed by atoms with Crippen LogP contribution in [0.4, 0.5) is 0 Å². The molecule has 0 atom stereocenters. The molecule has 0 aliphatic heterocycles. The van der Waals surface area contributed by atoms with Gasteiger partial charge in [-0.25, -0.2) is 0 Å². The maximum absolute atomic E-state index is 9.30. The van der Waals surface area contributed by atoms with Gasteiger partial charge in [0, 0.05) is 22.5 Å². The lowest BCUT2D eigenvalue weighted by Gasteiger charge is -2.02. The van der Waals surface area contributed by atoms with Crippen LogP contribution < -0.4 is 0 Å². The molecule has 0 aliphatic carbocycles. The lowest BCUT2D eigenvalue weighted by atomic mass is 10.2. The Morgan fingerprint density at radius 3 is 2.57 bits per heavy atom. The van der Waals surface area contributed by atoms with Gasteiger partial charge in [-0.3, -0.25) is 4.98 Å². The van der Waals surface area contributed by atoms with Crippen molar-refractivity contribution in [2.45, 2.75) is 4.90 Å². The predicted molar refractivity (Wildman–Crippen MR) is 56.9 cm³/mol. The number of pyridine rings is 1. The minimum atomic E-state index is -0.137. The normalized spacial score (nSPS) is 10.6. The monoisotopic (exact) mass is 207 g/mol. The largest absolute Gasteiger partial charge is 0.504 e. The molecular weight excluding hydrogens is 198 g/mol. The van der Waals surface area contributed by atoms with Crippen molar-refractivity contribution >= 4 is 22.7 Å². The molecule has 2 N–H and O–H groups in total. The lowest BCUT2D eigenvalue weighted by Crippen LogP contribution is -1.80. The number of fused-ring (bicyclic) bond motifs is 1. The van der Waals surface area contributed by atoms with Gasteiger partial charge in [0.25, 0.3) is 0 Å². The SMILES string of the molecule is CSc1cnc2cc(O)c(O)cc2c1. The molecule has 1 aromatic carbocycles. The molecule has 14 heavy (non-hydrogen) atoms. The van der Waals surface area contributed by atoms with Crippen LogP contribution in [0.5, 0.6) is 11.5 Å². The molecule has 0 saturated carbocycles. The third kappa shape index (κ3) is 1.48. The highest BCUT2D eigenvalue weighted by molar-refractivity contribution is 7.98. The van der Waals surface area contributed by atoms with Gasteiger partial charge in [-0.15, -0.1) is 11.8 Å². The number of nitrogens with zero attached hydrogens (tertiary/aromatic N) is 1. The van der Waals surface area contributed by atoms with Gasteiger partial charge in [0.1, 0.15) is 0 Å². The molecule has 1 heterocycles. The molecule has 0 radical (unpaired) electrons. The van der Waals surface area contributed by atoms with Crippen molar-refractivity contribution in [3.63, 3.8) is 0 Å². The van der Waals surface area contributed by atoms with E-state index in [0.717, 1.165) is 10.3 Å². The third-order valence-corrected chi connectivity index (χ3v) is 2.68. The Bertz CT molecular complexity index is 485. The smallest absolute Gasteiger partial charge is 0.159 e. The minimum Gasteiger partial charge on any atom is -0.504 e. The Kier molecular flexibility index (Phi) is 2.21. The van der Waals surface area contributed by atoms with Gasteiger partial charge in [-0.05, 0) is 18.4 Å². The molecule has 0 bridgehead atoms. The van der Waals surface area contributed by atoms with E-state index in [0.29, 0.717) is 5.52 Å². The fraction of sp³-hybridized carbons (Fsp3) is 0.100. The predicted octanol–water partition coefficient (Wildman–Crippen LogP) is 2.37. The molecule has 0 fully saturated rings. The zero-order valence-electron chi connectivity index (χ0n) is 7.56. The van der Waals surface area contributed by atoms with Crippen LogP contribution in [0, 0.1) is 0 Å². The molecule has 3 nitrogen and oxygen atoms in total. The summed E-state index contributed by atoms with van der Waals surface area (Å²) in [6, 6.07) is 4.89. The zero-order chi connectivity index (χ0) is 10.1. The number of aromatic hydroxyl groups is 2. The summed E-state index contributed by atoms with van der Waals surface area (Å²) in [7, 11) is 0. The van der Waals surface area contributed by atoms with E-state index in [9.17, 15) is 10.2 Å². The fourth-order valence-electron chi connectivity index (χ4n) is 1.24. The van der Waals surface area contributed by atoms with Gasteiger partial charge < -0.3 is 10.2 Å². The Morgan fingerprint density at radius 2 is 1.86 bits per heavy atom. The molecule has 4 heteroatoms. The van der Waals surface area contributed by atoms with Crippen LogP contribution >= 0.6 is 11.8 Å². The Balaban J connectivity index is 2.70. The average Bonchev–Trinajstić information content (AvgIpc) is 2.19. The van der Waals surface area contributed by atoms with E-state index in [-0.39, 0.29) is 11.5 Å². The van der Waals surface area contributed by atoms with Gasteiger partial charge in [-0.2, -0.15) is 0 Å². The van der Waals surface area contributed by atoms with Crippen molar-refractivity contribution < 1.29 is 10.2 Å². The topological polar surface area (TPSA) is 53.4 Å². The summed E-state index contributed by atoms with van der Waals surface area (Å²) < 4.78 is 0. The maximum Gasteiger partial charge on any atom is 0.159 e. The van der Waals surface area contributed by atoms with Crippen molar-refractivity contribution in [2.24, 2.45) is 0 Å². The molecule has 2 rings (SSSR count). The second kappa shape index (κ2) is 3.38. The fourth-order valence-corrected chi connectivity index (χ4v) is 1.65. The van der Waals surface area contributed by atoms with Crippen LogP contribution in [-0.2, 0) is 0 Å².